The summed E-state index contributed by atoms with van der Waals surface area (Å²) >= 11 is 0. The molecule has 0 amide bonds. The van der Waals surface area contributed by atoms with Crippen LogP contribution in [0.3, 0.4) is 0 Å². The minimum Gasteiger partial charge on any atom is -0.481 e. The molecule has 1 atom stereocenters. The van der Waals surface area contributed by atoms with Gasteiger partial charge in [0.15, 0.2) is 0 Å². The van der Waals surface area contributed by atoms with Gasteiger partial charge >= 0.3 is 5.97 Å². The van der Waals surface area contributed by atoms with Crippen LogP contribution in [0.4, 0.5) is 5.69 Å². The number of fused-ring (bicyclic) bond motifs is 1. The molecule has 0 aliphatic carbocycles. The summed E-state index contributed by atoms with van der Waals surface area (Å²) in [5.74, 6) is -1.04. The molecule has 0 saturated heterocycles. The normalized spacial score (nSPS) is 15.8. The van der Waals surface area contributed by atoms with Gasteiger partial charge in [-0.05, 0) is 30.9 Å². The van der Waals surface area contributed by atoms with E-state index in [2.05, 4.69) is 24.0 Å². The minimum atomic E-state index is -0.719. The summed E-state index contributed by atoms with van der Waals surface area (Å²) in [7, 11) is 0. The average Bonchev–Trinajstić information content (AvgIpc) is 2.72. The minimum absolute atomic E-state index is 0.319. The van der Waals surface area contributed by atoms with Gasteiger partial charge in [-0.25, -0.2) is 0 Å². The molecule has 1 aromatic carbocycles. The Kier molecular flexibility index (Phi) is 3.36. The highest BCUT2D eigenvalue weighted by atomic mass is 16.4. The van der Waals surface area contributed by atoms with E-state index >= 15 is 0 Å². The predicted octanol–water partition coefficient (Wildman–Crippen LogP) is 2.33. The van der Waals surface area contributed by atoms with Crippen LogP contribution in [-0.4, -0.2) is 24.2 Å². The number of hydrogen-bond donors (Lipinski definition) is 1. The fourth-order valence-corrected chi connectivity index (χ4v) is 2.52. The summed E-state index contributed by atoms with van der Waals surface area (Å²) in [4.78, 5) is 13.3. The number of rotatable bonds is 4. The number of likely N-dealkylation sites (N-methyl/N-ethyl adjacent to an activating group) is 1. The molecular weight excluding hydrogens is 214 g/mol. The highest BCUT2D eigenvalue weighted by molar-refractivity contribution is 5.71. The largest absolute Gasteiger partial charge is 0.481 e. The Bertz CT molecular complexity index is 428. The van der Waals surface area contributed by atoms with E-state index in [0.29, 0.717) is 6.42 Å². The van der Waals surface area contributed by atoms with Crippen molar-refractivity contribution in [1.82, 2.24) is 0 Å². The number of hydrogen-bond acceptors (Lipinski definition) is 2. The van der Waals surface area contributed by atoms with E-state index in [1.165, 1.54) is 16.8 Å². The maximum Gasteiger partial charge on any atom is 0.306 e. The Hall–Kier alpha value is -1.51. The van der Waals surface area contributed by atoms with E-state index in [1.807, 2.05) is 6.07 Å². The molecule has 3 nitrogen and oxygen atoms in total. The molecule has 1 aliphatic rings. The molecule has 1 heterocycles. The zero-order valence-electron chi connectivity index (χ0n) is 10.4. The molecule has 0 spiro atoms. The topological polar surface area (TPSA) is 40.5 Å². The lowest BCUT2D eigenvalue weighted by atomic mass is 9.97. The lowest BCUT2D eigenvalue weighted by Crippen LogP contribution is -2.21. The van der Waals surface area contributed by atoms with Crippen molar-refractivity contribution in [3.05, 3.63) is 29.3 Å². The number of anilines is 1. The maximum atomic E-state index is 10.9. The van der Waals surface area contributed by atoms with Crippen LogP contribution in [0.5, 0.6) is 0 Å². The van der Waals surface area contributed by atoms with Crippen LogP contribution in [0.15, 0.2) is 18.2 Å². The fraction of sp³-hybridized carbons (Fsp3) is 0.500. The SMILES string of the molecule is CCN1CCc2cccc(CC(C)C(=O)O)c21. The number of para-hydroxylation sites is 1. The number of aliphatic carboxylic acids is 1. The summed E-state index contributed by atoms with van der Waals surface area (Å²) in [6.07, 6.45) is 1.70. The number of benzene rings is 1. The van der Waals surface area contributed by atoms with Gasteiger partial charge in [-0.2, -0.15) is 0 Å². The molecule has 3 heteroatoms. The second-order valence-corrected chi connectivity index (χ2v) is 4.70. The average molecular weight is 233 g/mol. The van der Waals surface area contributed by atoms with E-state index in [-0.39, 0.29) is 5.92 Å². The Morgan fingerprint density at radius 1 is 1.53 bits per heavy atom. The van der Waals surface area contributed by atoms with E-state index < -0.39 is 5.97 Å². The number of carboxylic acids is 1. The van der Waals surface area contributed by atoms with Crippen LogP contribution in [0, 0.1) is 5.92 Å². The second kappa shape index (κ2) is 4.78. The smallest absolute Gasteiger partial charge is 0.306 e. The summed E-state index contributed by atoms with van der Waals surface area (Å²) in [5.41, 5.74) is 3.82. The van der Waals surface area contributed by atoms with Gasteiger partial charge in [-0.3, -0.25) is 4.79 Å². The molecular formula is C14H19NO2. The van der Waals surface area contributed by atoms with Crippen LogP contribution in [-0.2, 0) is 17.6 Å². The lowest BCUT2D eigenvalue weighted by Gasteiger charge is -2.21. The van der Waals surface area contributed by atoms with E-state index in [0.717, 1.165) is 19.5 Å². The molecule has 17 heavy (non-hydrogen) atoms. The predicted molar refractivity (Wildman–Crippen MR) is 68.5 cm³/mol. The van der Waals surface area contributed by atoms with Crippen molar-refractivity contribution in [3.63, 3.8) is 0 Å². The van der Waals surface area contributed by atoms with Crippen molar-refractivity contribution >= 4 is 11.7 Å². The first-order valence-electron chi connectivity index (χ1n) is 6.22. The van der Waals surface area contributed by atoms with Crippen LogP contribution >= 0.6 is 0 Å². The van der Waals surface area contributed by atoms with Gasteiger partial charge in [-0.15, -0.1) is 0 Å². The van der Waals surface area contributed by atoms with Crippen molar-refractivity contribution < 1.29 is 9.90 Å². The molecule has 2 rings (SSSR count). The van der Waals surface area contributed by atoms with Crippen molar-refractivity contribution in [3.8, 4) is 0 Å². The van der Waals surface area contributed by atoms with Gasteiger partial charge in [-0.1, -0.05) is 25.1 Å². The first kappa shape index (κ1) is 12.0. The summed E-state index contributed by atoms with van der Waals surface area (Å²) < 4.78 is 0. The Morgan fingerprint density at radius 3 is 2.94 bits per heavy atom. The van der Waals surface area contributed by atoms with Gasteiger partial charge < -0.3 is 10.0 Å². The summed E-state index contributed by atoms with van der Waals surface area (Å²) in [6.45, 7) is 5.97. The van der Waals surface area contributed by atoms with E-state index in [1.54, 1.807) is 6.92 Å². The molecule has 1 aliphatic heterocycles. The van der Waals surface area contributed by atoms with Crippen LogP contribution in [0.25, 0.3) is 0 Å². The quantitative estimate of drug-likeness (QED) is 0.867. The van der Waals surface area contributed by atoms with Crippen molar-refractivity contribution in [1.29, 1.82) is 0 Å². The van der Waals surface area contributed by atoms with E-state index in [4.69, 9.17) is 5.11 Å². The van der Waals surface area contributed by atoms with Crippen molar-refractivity contribution in [2.24, 2.45) is 5.92 Å². The summed E-state index contributed by atoms with van der Waals surface area (Å²) in [5, 5.41) is 9.00. The van der Waals surface area contributed by atoms with Crippen LogP contribution in [0.2, 0.25) is 0 Å². The second-order valence-electron chi connectivity index (χ2n) is 4.70. The lowest BCUT2D eigenvalue weighted by molar-refractivity contribution is -0.141. The Labute approximate surface area is 102 Å². The number of carboxylic acid groups (broad SMARTS) is 1. The third-order valence-corrected chi connectivity index (χ3v) is 3.50. The van der Waals surface area contributed by atoms with Gasteiger partial charge in [0.05, 0.1) is 5.92 Å². The maximum absolute atomic E-state index is 10.9. The monoisotopic (exact) mass is 233 g/mol. The van der Waals surface area contributed by atoms with Crippen molar-refractivity contribution in [2.45, 2.75) is 26.7 Å². The third-order valence-electron chi connectivity index (χ3n) is 3.50. The van der Waals surface area contributed by atoms with Crippen molar-refractivity contribution in [2.75, 3.05) is 18.0 Å². The first-order valence-corrected chi connectivity index (χ1v) is 6.22. The molecule has 0 saturated carbocycles. The number of nitrogens with zero attached hydrogens (tertiary/aromatic N) is 1. The molecule has 1 aromatic rings. The first-order chi connectivity index (χ1) is 8.13. The molecule has 0 aromatic heterocycles. The highest BCUT2D eigenvalue weighted by Gasteiger charge is 2.22. The molecule has 1 unspecified atom stereocenters. The van der Waals surface area contributed by atoms with Crippen LogP contribution in [0.1, 0.15) is 25.0 Å². The van der Waals surface area contributed by atoms with Gasteiger partial charge in [0.25, 0.3) is 0 Å². The van der Waals surface area contributed by atoms with Gasteiger partial charge in [0.1, 0.15) is 0 Å². The summed E-state index contributed by atoms with van der Waals surface area (Å²) in [6, 6.07) is 6.26. The molecule has 0 bridgehead atoms. The van der Waals surface area contributed by atoms with E-state index in [9.17, 15) is 4.79 Å². The zero-order chi connectivity index (χ0) is 12.4. The fourth-order valence-electron chi connectivity index (χ4n) is 2.52. The molecule has 0 radical (unpaired) electrons. The molecule has 92 valence electrons. The highest BCUT2D eigenvalue weighted by Crippen LogP contribution is 2.32. The molecule has 1 N–H and O–H groups in total. The third kappa shape index (κ3) is 2.28. The number of carbonyl (C=O) groups is 1. The van der Waals surface area contributed by atoms with Gasteiger partial charge in [0, 0.05) is 18.8 Å². The van der Waals surface area contributed by atoms with Crippen LogP contribution < -0.4 is 4.90 Å². The Morgan fingerprint density at radius 2 is 2.29 bits per heavy atom. The van der Waals surface area contributed by atoms with Gasteiger partial charge in [0.2, 0.25) is 0 Å². The Balaban J connectivity index is 2.29. The standard InChI is InChI=1S/C14H19NO2/c1-3-15-8-7-11-5-4-6-12(13(11)15)9-10(2)14(16)17/h4-6,10H,3,7-9H2,1-2H3,(H,16,17). The zero-order valence-corrected chi connectivity index (χ0v) is 10.4. The molecule has 0 fully saturated rings.